The summed E-state index contributed by atoms with van der Waals surface area (Å²) in [6.07, 6.45) is 1.94. The smallest absolute Gasteiger partial charge is 0.231 e. The average Bonchev–Trinajstić information content (AvgIpc) is 3.13. The maximum atomic E-state index is 6.18. The molecule has 0 saturated carbocycles. The first-order valence-electron chi connectivity index (χ1n) is 6.69. The summed E-state index contributed by atoms with van der Waals surface area (Å²) in [5, 5.41) is 5.16. The Morgan fingerprint density at radius 2 is 2.10 bits per heavy atom. The average molecular weight is 301 g/mol. The lowest BCUT2D eigenvalue weighted by Gasteiger charge is -2.08. The minimum Gasteiger partial charge on any atom is -0.454 e. The molecule has 0 spiro atoms. The fourth-order valence-electron chi connectivity index (χ4n) is 2.49. The van der Waals surface area contributed by atoms with Gasteiger partial charge in [-0.05, 0) is 42.0 Å². The molecular weight excluding hydrogens is 288 g/mol. The van der Waals surface area contributed by atoms with Crippen molar-refractivity contribution in [2.24, 2.45) is 0 Å². The Labute approximate surface area is 126 Å². The predicted molar refractivity (Wildman–Crippen MR) is 83.2 cm³/mol. The molecule has 1 aliphatic rings. The number of anilines is 1. The largest absolute Gasteiger partial charge is 0.454 e. The first kappa shape index (κ1) is 12.4. The van der Waals surface area contributed by atoms with E-state index in [0.29, 0.717) is 23.1 Å². The first-order chi connectivity index (χ1) is 10.3. The number of ether oxygens (including phenoxy) is 2. The van der Waals surface area contributed by atoms with Crippen LogP contribution in [0.2, 0.25) is 5.02 Å². The van der Waals surface area contributed by atoms with Crippen molar-refractivity contribution < 1.29 is 9.47 Å². The molecule has 0 unspecified atom stereocenters. The fraction of sp³-hybridized carbons (Fsp3) is 0.125. The van der Waals surface area contributed by atoms with Gasteiger partial charge in [-0.2, -0.15) is 0 Å². The van der Waals surface area contributed by atoms with Crippen molar-refractivity contribution in [3.63, 3.8) is 0 Å². The maximum Gasteiger partial charge on any atom is 0.231 e. The van der Waals surface area contributed by atoms with Gasteiger partial charge >= 0.3 is 0 Å². The van der Waals surface area contributed by atoms with E-state index in [0.717, 1.165) is 16.8 Å². The van der Waals surface area contributed by atoms with Crippen molar-refractivity contribution in [3.8, 4) is 11.5 Å². The van der Waals surface area contributed by atoms with Gasteiger partial charge in [0, 0.05) is 29.3 Å². The number of hydrogen-bond donors (Lipinski definition) is 2. The number of hydrogen-bond acceptors (Lipinski definition) is 3. The number of aromatic amines is 1. The van der Waals surface area contributed by atoms with E-state index >= 15 is 0 Å². The van der Waals surface area contributed by atoms with Crippen molar-refractivity contribution in [2.75, 3.05) is 12.1 Å². The van der Waals surface area contributed by atoms with E-state index in [1.807, 2.05) is 24.4 Å². The minimum absolute atomic E-state index is 0.232. The Morgan fingerprint density at radius 3 is 3.05 bits per heavy atom. The zero-order valence-corrected chi connectivity index (χ0v) is 11.9. The number of aromatic nitrogens is 1. The standard InChI is InChI=1S/C16H13ClN2O2/c17-13-5-10(6-15-16(13)21-9-20-15)8-19-12-1-2-14-11(7-12)3-4-18-14/h1-7,18-19H,8-9H2. The zero-order chi connectivity index (χ0) is 14.2. The van der Waals surface area contributed by atoms with Crippen LogP contribution in [0.5, 0.6) is 11.5 Å². The summed E-state index contributed by atoms with van der Waals surface area (Å²) < 4.78 is 10.7. The van der Waals surface area contributed by atoms with Crippen LogP contribution in [0.25, 0.3) is 10.9 Å². The number of halogens is 1. The number of benzene rings is 2. The number of rotatable bonds is 3. The molecule has 0 radical (unpaired) electrons. The summed E-state index contributed by atoms with van der Waals surface area (Å²) >= 11 is 6.18. The van der Waals surface area contributed by atoms with Gasteiger partial charge in [0.2, 0.25) is 6.79 Å². The Hall–Kier alpha value is -2.33. The second kappa shape index (κ2) is 4.90. The van der Waals surface area contributed by atoms with Crippen LogP contribution in [0, 0.1) is 0 Å². The molecule has 4 rings (SSSR count). The van der Waals surface area contributed by atoms with Gasteiger partial charge in [0.25, 0.3) is 0 Å². The third-order valence-corrected chi connectivity index (χ3v) is 3.82. The van der Waals surface area contributed by atoms with E-state index in [2.05, 4.69) is 28.5 Å². The van der Waals surface area contributed by atoms with Gasteiger partial charge in [0.15, 0.2) is 11.5 Å². The number of fused-ring (bicyclic) bond motifs is 2. The quantitative estimate of drug-likeness (QED) is 0.763. The molecule has 106 valence electrons. The van der Waals surface area contributed by atoms with Crippen molar-refractivity contribution in [2.45, 2.75) is 6.54 Å². The molecule has 3 aromatic rings. The molecule has 1 aromatic heterocycles. The van der Waals surface area contributed by atoms with Crippen molar-refractivity contribution >= 4 is 28.2 Å². The second-order valence-electron chi connectivity index (χ2n) is 4.94. The van der Waals surface area contributed by atoms with E-state index in [9.17, 15) is 0 Å². The van der Waals surface area contributed by atoms with Crippen LogP contribution < -0.4 is 14.8 Å². The second-order valence-corrected chi connectivity index (χ2v) is 5.35. The molecule has 0 bridgehead atoms. The molecule has 0 fully saturated rings. The first-order valence-corrected chi connectivity index (χ1v) is 7.06. The molecule has 0 saturated heterocycles. The highest BCUT2D eigenvalue weighted by Crippen LogP contribution is 2.39. The molecule has 2 heterocycles. The Morgan fingerprint density at radius 1 is 1.14 bits per heavy atom. The zero-order valence-electron chi connectivity index (χ0n) is 11.2. The fourth-order valence-corrected chi connectivity index (χ4v) is 2.78. The van der Waals surface area contributed by atoms with Gasteiger partial charge < -0.3 is 19.8 Å². The topological polar surface area (TPSA) is 46.3 Å². The Balaban J connectivity index is 1.55. The summed E-state index contributed by atoms with van der Waals surface area (Å²) in [7, 11) is 0. The van der Waals surface area contributed by atoms with Gasteiger partial charge in [-0.15, -0.1) is 0 Å². The highest BCUT2D eigenvalue weighted by Gasteiger charge is 2.18. The summed E-state index contributed by atoms with van der Waals surface area (Å²) in [6, 6.07) is 12.1. The van der Waals surface area contributed by atoms with E-state index in [4.69, 9.17) is 21.1 Å². The molecule has 21 heavy (non-hydrogen) atoms. The highest BCUT2D eigenvalue weighted by atomic mass is 35.5. The molecule has 2 N–H and O–H groups in total. The molecule has 0 amide bonds. The number of nitrogens with one attached hydrogen (secondary N) is 2. The van der Waals surface area contributed by atoms with Gasteiger partial charge in [0.05, 0.1) is 5.02 Å². The third kappa shape index (κ3) is 2.28. The lowest BCUT2D eigenvalue weighted by molar-refractivity contribution is 0.174. The van der Waals surface area contributed by atoms with Crippen LogP contribution in [-0.4, -0.2) is 11.8 Å². The predicted octanol–water partition coefficient (Wildman–Crippen LogP) is 4.16. The highest BCUT2D eigenvalue weighted by molar-refractivity contribution is 6.32. The summed E-state index contributed by atoms with van der Waals surface area (Å²) in [5.74, 6) is 1.34. The SMILES string of the molecule is Clc1cc(CNc2ccc3[nH]ccc3c2)cc2c1OCO2. The van der Waals surface area contributed by atoms with E-state index in [-0.39, 0.29) is 6.79 Å². The molecular formula is C16H13ClN2O2. The van der Waals surface area contributed by atoms with E-state index in [1.54, 1.807) is 0 Å². The summed E-state index contributed by atoms with van der Waals surface area (Å²) in [4.78, 5) is 3.18. The molecule has 0 atom stereocenters. The molecule has 1 aliphatic heterocycles. The summed E-state index contributed by atoms with van der Waals surface area (Å²) in [5.41, 5.74) is 3.25. The molecule has 4 nitrogen and oxygen atoms in total. The van der Waals surface area contributed by atoms with Crippen LogP contribution in [0.1, 0.15) is 5.56 Å². The van der Waals surface area contributed by atoms with Crippen LogP contribution >= 0.6 is 11.6 Å². The minimum atomic E-state index is 0.232. The van der Waals surface area contributed by atoms with Gasteiger partial charge in [-0.1, -0.05) is 11.6 Å². The van der Waals surface area contributed by atoms with Crippen LogP contribution in [0.15, 0.2) is 42.6 Å². The van der Waals surface area contributed by atoms with E-state index in [1.165, 1.54) is 5.39 Å². The monoisotopic (exact) mass is 300 g/mol. The van der Waals surface area contributed by atoms with E-state index < -0.39 is 0 Å². The molecule has 5 heteroatoms. The van der Waals surface area contributed by atoms with Crippen LogP contribution in [0.3, 0.4) is 0 Å². The van der Waals surface area contributed by atoms with Crippen molar-refractivity contribution in [1.29, 1.82) is 0 Å². The van der Waals surface area contributed by atoms with Crippen molar-refractivity contribution in [3.05, 3.63) is 53.2 Å². The van der Waals surface area contributed by atoms with Gasteiger partial charge in [0.1, 0.15) is 0 Å². The Bertz CT molecular complexity index is 813. The Kier molecular flexibility index (Phi) is 2.89. The molecule has 0 aliphatic carbocycles. The third-order valence-electron chi connectivity index (χ3n) is 3.54. The van der Waals surface area contributed by atoms with Gasteiger partial charge in [-0.3, -0.25) is 0 Å². The number of H-pyrrole nitrogens is 1. The van der Waals surface area contributed by atoms with Gasteiger partial charge in [-0.25, -0.2) is 0 Å². The summed E-state index contributed by atoms with van der Waals surface area (Å²) in [6.45, 7) is 0.905. The lowest BCUT2D eigenvalue weighted by Crippen LogP contribution is -1.99. The lowest BCUT2D eigenvalue weighted by atomic mass is 10.2. The van der Waals surface area contributed by atoms with Crippen LogP contribution in [-0.2, 0) is 6.54 Å². The van der Waals surface area contributed by atoms with Crippen LogP contribution in [0.4, 0.5) is 5.69 Å². The van der Waals surface area contributed by atoms with Crippen molar-refractivity contribution in [1.82, 2.24) is 4.98 Å². The molecule has 2 aromatic carbocycles. The normalized spacial score (nSPS) is 12.8. The maximum absolute atomic E-state index is 6.18.